The van der Waals surface area contributed by atoms with Gasteiger partial charge in [-0.1, -0.05) is 0 Å². The minimum Gasteiger partial charge on any atom is -1.00 e. The molecular weight excluding hydrogens is 392 g/mol. The molecule has 0 nitrogen and oxygen atoms in total. The average Bonchev–Trinajstić information content (AvgIpc) is 0. The number of hydrogen-bond acceptors (Lipinski definition) is 0. The molecule has 0 aliphatic carbocycles. The van der Waals surface area contributed by atoms with Crippen LogP contribution in [0.4, 0.5) is 0 Å². The van der Waals surface area contributed by atoms with Crippen LogP contribution in [-0.2, 0) is 0 Å². The Morgan fingerprint density at radius 1 is 0.375 bits per heavy atom. The Hall–Kier alpha value is 7.46. The van der Waals surface area contributed by atoms with Crippen LogP contribution in [0.25, 0.3) is 0 Å². The normalized spacial score (nSPS) is 0. The van der Waals surface area contributed by atoms with Gasteiger partial charge >= 0.3 is 177 Å². The molecule has 0 aromatic rings. The third kappa shape index (κ3) is 37.5. The molecular formula is H8I2Na6. The van der Waals surface area contributed by atoms with Crippen molar-refractivity contribution in [1.82, 2.24) is 0 Å². The van der Waals surface area contributed by atoms with Crippen molar-refractivity contribution in [2.24, 2.45) is 0 Å². The predicted molar refractivity (Wildman–Crippen MR) is 37.5 cm³/mol. The number of halogens is 2. The summed E-state index contributed by atoms with van der Waals surface area (Å²) in [7, 11) is 0. The fourth-order valence-electron chi connectivity index (χ4n) is 0. The molecule has 0 radical (unpaired) electrons. The van der Waals surface area contributed by atoms with Crippen molar-refractivity contribution in [3.8, 4) is 0 Å². The van der Waals surface area contributed by atoms with Crippen molar-refractivity contribution in [3.05, 3.63) is 0 Å². The average molecular weight is 400 g/mol. The molecule has 0 atom stereocenters. The molecule has 0 rings (SSSR count). The van der Waals surface area contributed by atoms with E-state index in [0.29, 0.717) is 0 Å². The summed E-state index contributed by atoms with van der Waals surface area (Å²) in [5.41, 5.74) is 0. The van der Waals surface area contributed by atoms with Crippen LogP contribution in [0.1, 0.15) is 8.56 Å². The SMILES string of the molecule is I.I.[H-].[H-].[H-].[H-].[H-].[H-].[Na+].[Na+].[Na+].[Na+].[Na+].[Na+]. The van der Waals surface area contributed by atoms with Crippen molar-refractivity contribution in [1.29, 1.82) is 0 Å². The molecule has 0 aliphatic heterocycles. The zero-order valence-corrected chi connectivity index (χ0v) is 23.5. The van der Waals surface area contributed by atoms with E-state index in [4.69, 9.17) is 0 Å². The number of rotatable bonds is 0. The van der Waals surface area contributed by atoms with E-state index in [1.165, 1.54) is 0 Å². The van der Waals surface area contributed by atoms with Gasteiger partial charge in [0.1, 0.15) is 0 Å². The first-order valence-corrected chi connectivity index (χ1v) is 0. The van der Waals surface area contributed by atoms with Gasteiger partial charge in [0, 0.05) is 0 Å². The zero-order chi connectivity index (χ0) is 0. The Morgan fingerprint density at radius 2 is 0.375 bits per heavy atom. The van der Waals surface area contributed by atoms with Gasteiger partial charge in [0.25, 0.3) is 0 Å². The van der Waals surface area contributed by atoms with Crippen molar-refractivity contribution < 1.29 is 186 Å². The second-order valence-electron chi connectivity index (χ2n) is 0. The summed E-state index contributed by atoms with van der Waals surface area (Å²) in [6.07, 6.45) is 0. The molecule has 0 spiro atoms. The van der Waals surface area contributed by atoms with Crippen LogP contribution in [0, 0.1) is 0 Å². The second kappa shape index (κ2) is 47.1. The van der Waals surface area contributed by atoms with E-state index in [-0.39, 0.29) is 234 Å². The quantitative estimate of drug-likeness (QED) is 0.280. The van der Waals surface area contributed by atoms with Crippen LogP contribution in [0.5, 0.6) is 0 Å². The zero-order valence-electron chi connectivity index (χ0n) is 12.8. The van der Waals surface area contributed by atoms with E-state index >= 15 is 0 Å². The summed E-state index contributed by atoms with van der Waals surface area (Å²) >= 11 is 0. The Kier molecular flexibility index (Phi) is 342. The summed E-state index contributed by atoms with van der Waals surface area (Å²) in [4.78, 5) is 0. The predicted octanol–water partition coefficient (Wildman–Crippen LogP) is -16.1. The molecule has 0 saturated heterocycles. The Labute approximate surface area is 227 Å². The third-order valence-electron chi connectivity index (χ3n) is 0. The molecule has 0 bridgehead atoms. The van der Waals surface area contributed by atoms with Gasteiger partial charge in [-0.05, 0) is 0 Å². The smallest absolute Gasteiger partial charge is 1.00 e. The van der Waals surface area contributed by atoms with Gasteiger partial charge in [0.05, 0.1) is 0 Å². The summed E-state index contributed by atoms with van der Waals surface area (Å²) in [5, 5.41) is 0. The van der Waals surface area contributed by atoms with Gasteiger partial charge in [-0.2, -0.15) is 0 Å². The maximum atomic E-state index is 0. The van der Waals surface area contributed by atoms with Gasteiger partial charge in [-0.25, -0.2) is 0 Å². The summed E-state index contributed by atoms with van der Waals surface area (Å²) in [6.45, 7) is 0. The fraction of sp³-hybridized carbons (Fsp3) is 0. The Bertz CT molecular complexity index is 20.3. The third-order valence-corrected chi connectivity index (χ3v) is 0. The topological polar surface area (TPSA) is 0 Å². The van der Waals surface area contributed by atoms with Crippen LogP contribution >= 0.6 is 48.0 Å². The first-order valence-electron chi connectivity index (χ1n) is 0. The maximum absolute atomic E-state index is 0. The van der Waals surface area contributed by atoms with E-state index < -0.39 is 0 Å². The fourth-order valence-corrected chi connectivity index (χ4v) is 0. The van der Waals surface area contributed by atoms with Crippen LogP contribution < -0.4 is 177 Å². The molecule has 0 unspecified atom stereocenters. The minimum atomic E-state index is 0. The molecule has 0 saturated carbocycles. The van der Waals surface area contributed by atoms with Gasteiger partial charge in [-0.3, -0.25) is 0 Å². The first kappa shape index (κ1) is 58.1. The molecule has 0 aliphatic rings. The minimum absolute atomic E-state index is 0. The molecule has 8 heteroatoms. The van der Waals surface area contributed by atoms with Gasteiger partial charge in [-0.15, -0.1) is 48.0 Å². The van der Waals surface area contributed by atoms with Crippen molar-refractivity contribution >= 4 is 48.0 Å². The van der Waals surface area contributed by atoms with Crippen LogP contribution in [0.15, 0.2) is 0 Å². The summed E-state index contributed by atoms with van der Waals surface area (Å²) in [5.74, 6) is 0. The molecule has 0 amide bonds. The Balaban J connectivity index is 0. The summed E-state index contributed by atoms with van der Waals surface area (Å²) < 4.78 is 0. The standard InChI is InChI=1S/2HI.6Na.6H/h2*1H;;;;;;;;;;;;/q;;6*+1;6*-1. The molecule has 0 heterocycles. The molecule has 0 aromatic carbocycles. The van der Waals surface area contributed by atoms with Crippen LogP contribution in [0.2, 0.25) is 0 Å². The van der Waals surface area contributed by atoms with E-state index in [2.05, 4.69) is 0 Å². The van der Waals surface area contributed by atoms with Gasteiger partial charge in [0.15, 0.2) is 0 Å². The van der Waals surface area contributed by atoms with Crippen molar-refractivity contribution in [3.63, 3.8) is 0 Å². The van der Waals surface area contributed by atoms with E-state index in [1.807, 2.05) is 0 Å². The largest absolute Gasteiger partial charge is 1.00 e. The van der Waals surface area contributed by atoms with Crippen LogP contribution in [0.3, 0.4) is 0 Å². The first-order chi connectivity index (χ1) is 0. The van der Waals surface area contributed by atoms with E-state index in [1.54, 1.807) is 0 Å². The monoisotopic (exact) mass is 400 g/mol. The van der Waals surface area contributed by atoms with Gasteiger partial charge in [0.2, 0.25) is 0 Å². The van der Waals surface area contributed by atoms with Gasteiger partial charge < -0.3 is 8.56 Å². The van der Waals surface area contributed by atoms with Crippen LogP contribution in [-0.4, -0.2) is 0 Å². The molecule has 0 aromatic heterocycles. The molecule has 8 heavy (non-hydrogen) atoms. The van der Waals surface area contributed by atoms with E-state index in [0.717, 1.165) is 0 Å². The Morgan fingerprint density at radius 3 is 0.375 bits per heavy atom. The van der Waals surface area contributed by atoms with Crippen molar-refractivity contribution in [2.75, 3.05) is 0 Å². The number of hydrogen-bond donors (Lipinski definition) is 0. The summed E-state index contributed by atoms with van der Waals surface area (Å²) in [6, 6.07) is 0. The van der Waals surface area contributed by atoms with Crippen molar-refractivity contribution in [2.45, 2.75) is 0 Å². The molecule has 0 N–H and O–H groups in total. The molecule has 0 fully saturated rings. The van der Waals surface area contributed by atoms with E-state index in [9.17, 15) is 0 Å². The maximum Gasteiger partial charge on any atom is 1.00 e. The molecule has 28 valence electrons. The second-order valence-corrected chi connectivity index (χ2v) is 0.